The molecule has 2 bridgehead atoms. The summed E-state index contributed by atoms with van der Waals surface area (Å²) in [5.41, 5.74) is 2.54. The fourth-order valence-corrected chi connectivity index (χ4v) is 5.31. The van der Waals surface area contributed by atoms with Crippen LogP contribution in [0.2, 0.25) is 0 Å². The number of hydrogen-bond acceptors (Lipinski definition) is 8. The Labute approximate surface area is 173 Å². The molecule has 7 nitrogen and oxygen atoms in total. The number of aromatic nitrogens is 2. The summed E-state index contributed by atoms with van der Waals surface area (Å²) in [5, 5.41) is 6.59. The molecule has 5 heterocycles. The van der Waals surface area contributed by atoms with Gasteiger partial charge < -0.3 is 24.1 Å². The topological polar surface area (TPSA) is 72.7 Å². The van der Waals surface area contributed by atoms with Gasteiger partial charge >= 0.3 is 0 Å². The fraction of sp³-hybridized carbons (Fsp3) is 0.524. The highest BCUT2D eigenvalue weighted by Crippen LogP contribution is 2.39. The summed E-state index contributed by atoms with van der Waals surface area (Å²) in [6, 6.07) is 5.81. The number of benzene rings is 1. The lowest BCUT2D eigenvalue weighted by Gasteiger charge is -2.31. The maximum absolute atomic E-state index is 6.37. The Morgan fingerprint density at radius 1 is 1.10 bits per heavy atom. The molecule has 3 fully saturated rings. The molecule has 2 unspecified atom stereocenters. The van der Waals surface area contributed by atoms with E-state index < -0.39 is 0 Å². The Morgan fingerprint density at radius 2 is 1.93 bits per heavy atom. The number of rotatable bonds is 4. The molecule has 1 aromatic carbocycles. The molecular formula is C21H24N4O3S. The number of piperazine rings is 1. The first kappa shape index (κ1) is 17.7. The molecule has 3 saturated heterocycles. The minimum atomic E-state index is 0.160. The van der Waals surface area contributed by atoms with Crippen molar-refractivity contribution < 1.29 is 13.9 Å². The molecule has 3 aliphatic heterocycles. The van der Waals surface area contributed by atoms with Crippen molar-refractivity contribution in [2.75, 3.05) is 31.2 Å². The quantitative estimate of drug-likeness (QED) is 0.704. The Balaban J connectivity index is 1.40. The molecule has 2 aromatic heterocycles. The number of anilines is 1. The van der Waals surface area contributed by atoms with Gasteiger partial charge in [0.05, 0.1) is 18.8 Å². The second-order valence-corrected chi connectivity index (χ2v) is 8.99. The van der Waals surface area contributed by atoms with Crippen LogP contribution in [0.4, 0.5) is 6.01 Å². The molecule has 0 saturated carbocycles. The maximum atomic E-state index is 6.37. The largest absolute Gasteiger partial charge is 0.488 e. The van der Waals surface area contributed by atoms with Crippen molar-refractivity contribution in [2.45, 2.75) is 43.9 Å². The molecule has 6 rings (SSSR count). The van der Waals surface area contributed by atoms with Crippen LogP contribution in [0.5, 0.6) is 5.75 Å². The van der Waals surface area contributed by atoms with Crippen LogP contribution in [0, 0.1) is 0 Å². The van der Waals surface area contributed by atoms with E-state index in [0.717, 1.165) is 66.6 Å². The van der Waals surface area contributed by atoms with Gasteiger partial charge in [-0.3, -0.25) is 0 Å². The number of nitrogens with one attached hydrogen (secondary N) is 1. The molecule has 2 atom stereocenters. The van der Waals surface area contributed by atoms with Gasteiger partial charge in [0, 0.05) is 49.6 Å². The van der Waals surface area contributed by atoms with Crippen molar-refractivity contribution in [1.29, 1.82) is 0 Å². The third kappa shape index (κ3) is 3.29. The molecule has 0 spiro atoms. The number of oxazole rings is 1. The van der Waals surface area contributed by atoms with E-state index in [1.54, 1.807) is 11.3 Å². The van der Waals surface area contributed by atoms with Crippen molar-refractivity contribution in [2.24, 2.45) is 0 Å². The Bertz CT molecular complexity index is 987. The molecule has 29 heavy (non-hydrogen) atoms. The first-order valence-corrected chi connectivity index (χ1v) is 11.3. The van der Waals surface area contributed by atoms with Crippen LogP contribution >= 0.6 is 11.3 Å². The van der Waals surface area contributed by atoms with E-state index in [4.69, 9.17) is 18.9 Å². The molecule has 1 N–H and O–H groups in total. The molecule has 3 aliphatic rings. The zero-order valence-corrected chi connectivity index (χ0v) is 17.0. The second kappa shape index (κ2) is 7.27. The molecule has 8 heteroatoms. The lowest BCUT2D eigenvalue weighted by Crippen LogP contribution is -2.51. The lowest BCUT2D eigenvalue weighted by molar-refractivity contribution is 0.0261. The number of thiazole rings is 1. The fourth-order valence-electron chi connectivity index (χ4n) is 4.65. The SMILES string of the molecule is c1csc(-c2ccc(OC3CCOCC3)c3nc(N4CC5CCC(C4)N5)oc23)n1. The molecule has 3 aromatic rings. The molecular weight excluding hydrogens is 388 g/mol. The highest BCUT2D eigenvalue weighted by molar-refractivity contribution is 7.13. The summed E-state index contributed by atoms with van der Waals surface area (Å²) >= 11 is 1.61. The maximum Gasteiger partial charge on any atom is 0.298 e. The van der Waals surface area contributed by atoms with Crippen molar-refractivity contribution in [3.05, 3.63) is 23.7 Å². The predicted octanol–water partition coefficient (Wildman–Crippen LogP) is 3.45. The van der Waals surface area contributed by atoms with Crippen LogP contribution in [-0.4, -0.2) is 54.5 Å². The number of hydrogen-bond donors (Lipinski definition) is 1. The van der Waals surface area contributed by atoms with E-state index in [-0.39, 0.29) is 6.10 Å². The summed E-state index contributed by atoms with van der Waals surface area (Å²) in [7, 11) is 0. The minimum Gasteiger partial charge on any atom is -0.488 e. The van der Waals surface area contributed by atoms with E-state index in [2.05, 4.69) is 15.2 Å². The van der Waals surface area contributed by atoms with E-state index in [1.165, 1.54) is 12.8 Å². The lowest BCUT2D eigenvalue weighted by atomic mass is 10.1. The Hall–Kier alpha value is -2.16. The van der Waals surface area contributed by atoms with Crippen LogP contribution in [-0.2, 0) is 4.74 Å². The first-order chi connectivity index (χ1) is 14.3. The van der Waals surface area contributed by atoms with Crippen LogP contribution in [0.1, 0.15) is 25.7 Å². The van der Waals surface area contributed by atoms with Gasteiger partial charge in [-0.15, -0.1) is 11.3 Å². The minimum absolute atomic E-state index is 0.160. The average molecular weight is 413 g/mol. The van der Waals surface area contributed by atoms with Crippen molar-refractivity contribution >= 4 is 28.5 Å². The highest BCUT2D eigenvalue weighted by atomic mass is 32.1. The van der Waals surface area contributed by atoms with Gasteiger partial charge in [0.25, 0.3) is 6.01 Å². The van der Waals surface area contributed by atoms with Crippen LogP contribution < -0.4 is 15.0 Å². The number of ether oxygens (including phenoxy) is 2. The summed E-state index contributed by atoms with van der Waals surface area (Å²) in [6.07, 6.45) is 6.24. The van der Waals surface area contributed by atoms with Crippen molar-refractivity contribution in [3.63, 3.8) is 0 Å². The monoisotopic (exact) mass is 412 g/mol. The average Bonchev–Trinajstić information content (AvgIpc) is 3.49. The third-order valence-electron chi connectivity index (χ3n) is 6.11. The van der Waals surface area contributed by atoms with E-state index in [9.17, 15) is 0 Å². The molecule has 0 radical (unpaired) electrons. The standard InChI is InChI=1S/C21H24N4O3S/c1-2-14-12-25(11-13(1)23-14)21-24-18-17(27-15-5-8-26-9-6-15)4-3-16(19(18)28-21)20-22-7-10-29-20/h3-4,7,10,13-15,23H,1-2,5-6,8-9,11-12H2. The van der Waals surface area contributed by atoms with Gasteiger partial charge in [-0.05, 0) is 25.0 Å². The van der Waals surface area contributed by atoms with Crippen molar-refractivity contribution in [1.82, 2.24) is 15.3 Å². The van der Waals surface area contributed by atoms with Gasteiger partial charge in [-0.2, -0.15) is 4.98 Å². The van der Waals surface area contributed by atoms with Gasteiger partial charge in [0.1, 0.15) is 16.9 Å². The van der Waals surface area contributed by atoms with E-state index in [1.807, 2.05) is 23.7 Å². The zero-order valence-electron chi connectivity index (χ0n) is 16.2. The number of nitrogens with zero attached hydrogens (tertiary/aromatic N) is 3. The molecule has 0 aliphatic carbocycles. The van der Waals surface area contributed by atoms with Gasteiger partial charge in [-0.25, -0.2) is 4.98 Å². The molecule has 152 valence electrons. The summed E-state index contributed by atoms with van der Waals surface area (Å²) in [5.74, 6) is 0.792. The normalized spacial score (nSPS) is 25.0. The van der Waals surface area contributed by atoms with Gasteiger partial charge in [0.15, 0.2) is 11.1 Å². The second-order valence-electron chi connectivity index (χ2n) is 8.10. The van der Waals surface area contributed by atoms with Gasteiger partial charge in [0.2, 0.25) is 0 Å². The summed E-state index contributed by atoms with van der Waals surface area (Å²) in [4.78, 5) is 11.7. The Morgan fingerprint density at radius 3 is 2.69 bits per heavy atom. The third-order valence-corrected chi connectivity index (χ3v) is 6.91. The first-order valence-electron chi connectivity index (χ1n) is 10.4. The van der Waals surface area contributed by atoms with Gasteiger partial charge in [-0.1, -0.05) is 0 Å². The molecule has 0 amide bonds. The van der Waals surface area contributed by atoms with Crippen molar-refractivity contribution in [3.8, 4) is 16.3 Å². The van der Waals surface area contributed by atoms with Crippen LogP contribution in [0.15, 0.2) is 28.1 Å². The summed E-state index contributed by atoms with van der Waals surface area (Å²) < 4.78 is 18.2. The Kier molecular flexibility index (Phi) is 4.43. The summed E-state index contributed by atoms with van der Waals surface area (Å²) in [6.45, 7) is 3.37. The van der Waals surface area contributed by atoms with E-state index >= 15 is 0 Å². The highest BCUT2D eigenvalue weighted by Gasteiger charge is 2.34. The van der Waals surface area contributed by atoms with Crippen LogP contribution in [0.3, 0.4) is 0 Å². The smallest absolute Gasteiger partial charge is 0.298 e. The predicted molar refractivity (Wildman–Crippen MR) is 112 cm³/mol. The zero-order chi connectivity index (χ0) is 19.2. The van der Waals surface area contributed by atoms with E-state index in [0.29, 0.717) is 18.1 Å². The number of fused-ring (bicyclic) bond motifs is 3. The van der Waals surface area contributed by atoms with Crippen LogP contribution in [0.25, 0.3) is 21.7 Å².